The molecule has 0 aliphatic rings. The van der Waals surface area contributed by atoms with Crippen LogP contribution in [-0.4, -0.2) is 30.2 Å². The van der Waals surface area contributed by atoms with Crippen LogP contribution >= 0.6 is 0 Å². The number of rotatable bonds is 9. The van der Waals surface area contributed by atoms with Crippen LogP contribution in [-0.2, 0) is 11.2 Å². The van der Waals surface area contributed by atoms with Crippen molar-refractivity contribution in [1.82, 2.24) is 5.32 Å². The van der Waals surface area contributed by atoms with Crippen LogP contribution in [0.2, 0.25) is 0 Å². The molecule has 0 saturated carbocycles. The van der Waals surface area contributed by atoms with Gasteiger partial charge in [-0.2, -0.15) is 0 Å². The summed E-state index contributed by atoms with van der Waals surface area (Å²) < 4.78 is 11.2. The van der Waals surface area contributed by atoms with E-state index in [1.54, 1.807) is 12.1 Å². The van der Waals surface area contributed by atoms with Crippen molar-refractivity contribution < 1.29 is 24.2 Å². The fraction of sp³-hybridized carbons (Fsp3) is 0.333. The Bertz CT molecular complexity index is 803. The second-order valence-corrected chi connectivity index (χ2v) is 6.04. The van der Waals surface area contributed by atoms with Crippen LogP contribution in [0.4, 0.5) is 0 Å². The maximum atomic E-state index is 12.3. The number of hydrogen-bond donors (Lipinski definition) is 2. The lowest BCUT2D eigenvalue weighted by molar-refractivity contribution is -0.121. The molecule has 1 atom stereocenters. The summed E-state index contributed by atoms with van der Waals surface area (Å²) in [6.07, 6.45) is 0.112. The van der Waals surface area contributed by atoms with Gasteiger partial charge in [0.25, 0.3) is 0 Å². The van der Waals surface area contributed by atoms with Crippen molar-refractivity contribution in [2.24, 2.45) is 0 Å². The SMILES string of the molecule is CCOc1ccc(C(C)NC(=O)Cc2cccc(C(=O)O)c2)cc1OCC. The number of nitrogens with one attached hydrogen (secondary N) is 1. The quantitative estimate of drug-likeness (QED) is 0.703. The molecule has 0 fully saturated rings. The van der Waals surface area contributed by atoms with Crippen LogP contribution in [0.3, 0.4) is 0 Å². The minimum atomic E-state index is -1.01. The lowest BCUT2D eigenvalue weighted by Gasteiger charge is -2.17. The van der Waals surface area contributed by atoms with Gasteiger partial charge in [-0.15, -0.1) is 0 Å². The number of hydrogen-bond acceptors (Lipinski definition) is 4. The number of ether oxygens (including phenoxy) is 2. The lowest BCUT2D eigenvalue weighted by Crippen LogP contribution is -2.28. The van der Waals surface area contributed by atoms with Gasteiger partial charge in [0.15, 0.2) is 11.5 Å². The highest BCUT2D eigenvalue weighted by molar-refractivity contribution is 5.88. The van der Waals surface area contributed by atoms with Gasteiger partial charge in [0.2, 0.25) is 5.91 Å². The van der Waals surface area contributed by atoms with Gasteiger partial charge in [0.1, 0.15) is 0 Å². The van der Waals surface area contributed by atoms with E-state index in [4.69, 9.17) is 14.6 Å². The molecular weight excluding hydrogens is 346 g/mol. The molecule has 2 aromatic carbocycles. The van der Waals surface area contributed by atoms with E-state index in [1.807, 2.05) is 39.0 Å². The van der Waals surface area contributed by atoms with E-state index < -0.39 is 5.97 Å². The van der Waals surface area contributed by atoms with E-state index >= 15 is 0 Å². The predicted octanol–water partition coefficient (Wildman–Crippen LogP) is 3.60. The van der Waals surface area contributed by atoms with Gasteiger partial charge in [-0.1, -0.05) is 18.2 Å². The van der Waals surface area contributed by atoms with Crippen LogP contribution in [0.1, 0.15) is 48.3 Å². The summed E-state index contributed by atoms with van der Waals surface area (Å²) in [6.45, 7) is 6.76. The summed E-state index contributed by atoms with van der Waals surface area (Å²) in [5.41, 5.74) is 1.72. The summed E-state index contributed by atoms with van der Waals surface area (Å²) in [5.74, 6) is 0.125. The minimum absolute atomic E-state index is 0.112. The topological polar surface area (TPSA) is 84.9 Å². The molecule has 27 heavy (non-hydrogen) atoms. The molecule has 0 aromatic heterocycles. The fourth-order valence-electron chi connectivity index (χ4n) is 2.71. The summed E-state index contributed by atoms with van der Waals surface area (Å²) in [4.78, 5) is 23.4. The number of carboxylic acids is 1. The first-order valence-electron chi connectivity index (χ1n) is 8.95. The molecule has 2 aromatic rings. The molecule has 1 amide bonds. The summed E-state index contributed by atoms with van der Waals surface area (Å²) in [7, 11) is 0. The molecule has 6 heteroatoms. The summed E-state index contributed by atoms with van der Waals surface area (Å²) in [5, 5.41) is 12.0. The molecule has 6 nitrogen and oxygen atoms in total. The zero-order chi connectivity index (χ0) is 19.8. The molecule has 2 N–H and O–H groups in total. The van der Waals surface area contributed by atoms with Crippen molar-refractivity contribution in [3.63, 3.8) is 0 Å². The summed E-state index contributed by atoms with van der Waals surface area (Å²) >= 11 is 0. The third-order valence-electron chi connectivity index (χ3n) is 3.98. The monoisotopic (exact) mass is 371 g/mol. The third kappa shape index (κ3) is 5.74. The van der Waals surface area contributed by atoms with Crippen LogP contribution in [0.25, 0.3) is 0 Å². The second-order valence-electron chi connectivity index (χ2n) is 6.04. The van der Waals surface area contributed by atoms with Crippen molar-refractivity contribution in [2.75, 3.05) is 13.2 Å². The number of carbonyl (C=O) groups excluding carboxylic acids is 1. The molecular formula is C21H25NO5. The molecule has 1 unspecified atom stereocenters. The molecule has 0 bridgehead atoms. The highest BCUT2D eigenvalue weighted by Gasteiger charge is 2.14. The van der Waals surface area contributed by atoms with E-state index in [2.05, 4.69) is 5.32 Å². The Morgan fingerprint density at radius 2 is 1.74 bits per heavy atom. The number of carboxylic acid groups (broad SMARTS) is 1. The fourth-order valence-corrected chi connectivity index (χ4v) is 2.71. The van der Waals surface area contributed by atoms with Crippen LogP contribution in [0.15, 0.2) is 42.5 Å². The van der Waals surface area contributed by atoms with Crippen LogP contribution in [0.5, 0.6) is 11.5 Å². The Kier molecular flexibility index (Phi) is 7.23. The Labute approximate surface area is 159 Å². The van der Waals surface area contributed by atoms with E-state index in [0.29, 0.717) is 30.3 Å². The van der Waals surface area contributed by atoms with Gasteiger partial charge in [-0.3, -0.25) is 4.79 Å². The van der Waals surface area contributed by atoms with Gasteiger partial charge < -0.3 is 19.9 Å². The minimum Gasteiger partial charge on any atom is -0.490 e. The van der Waals surface area contributed by atoms with Gasteiger partial charge in [-0.05, 0) is 56.2 Å². The normalized spacial score (nSPS) is 11.5. The molecule has 0 saturated heterocycles. The Morgan fingerprint density at radius 1 is 1.04 bits per heavy atom. The summed E-state index contributed by atoms with van der Waals surface area (Å²) in [6, 6.07) is 11.8. The number of benzene rings is 2. The Morgan fingerprint density at radius 3 is 2.41 bits per heavy atom. The van der Waals surface area contributed by atoms with Gasteiger partial charge in [-0.25, -0.2) is 4.79 Å². The highest BCUT2D eigenvalue weighted by Crippen LogP contribution is 2.30. The van der Waals surface area contributed by atoms with E-state index in [1.165, 1.54) is 12.1 Å². The van der Waals surface area contributed by atoms with Crippen molar-refractivity contribution in [1.29, 1.82) is 0 Å². The first kappa shape index (κ1) is 20.3. The molecule has 144 valence electrons. The first-order valence-corrected chi connectivity index (χ1v) is 8.95. The second kappa shape index (κ2) is 9.62. The van der Waals surface area contributed by atoms with E-state index in [9.17, 15) is 9.59 Å². The predicted molar refractivity (Wildman–Crippen MR) is 102 cm³/mol. The maximum Gasteiger partial charge on any atom is 0.335 e. The van der Waals surface area contributed by atoms with Crippen molar-refractivity contribution in [2.45, 2.75) is 33.2 Å². The smallest absolute Gasteiger partial charge is 0.335 e. The zero-order valence-corrected chi connectivity index (χ0v) is 15.8. The van der Waals surface area contributed by atoms with Crippen LogP contribution in [0, 0.1) is 0 Å². The average molecular weight is 371 g/mol. The van der Waals surface area contributed by atoms with Crippen molar-refractivity contribution in [3.8, 4) is 11.5 Å². The Hall–Kier alpha value is -3.02. The standard InChI is InChI=1S/C21H25NO5/c1-4-26-18-10-9-16(13-19(18)27-5-2)14(3)22-20(23)12-15-7-6-8-17(11-15)21(24)25/h6-11,13-14H,4-5,12H2,1-3H3,(H,22,23)(H,24,25). The average Bonchev–Trinajstić information content (AvgIpc) is 2.63. The Balaban J connectivity index is 2.06. The number of aromatic carboxylic acids is 1. The number of amides is 1. The molecule has 0 spiro atoms. The first-order chi connectivity index (χ1) is 12.9. The van der Waals surface area contributed by atoms with Crippen molar-refractivity contribution >= 4 is 11.9 Å². The van der Waals surface area contributed by atoms with Gasteiger partial charge >= 0.3 is 5.97 Å². The van der Waals surface area contributed by atoms with E-state index in [-0.39, 0.29) is 23.9 Å². The molecule has 0 heterocycles. The molecule has 0 aliphatic heterocycles. The lowest BCUT2D eigenvalue weighted by atomic mass is 10.1. The van der Waals surface area contributed by atoms with Crippen molar-refractivity contribution in [3.05, 3.63) is 59.2 Å². The third-order valence-corrected chi connectivity index (χ3v) is 3.98. The zero-order valence-electron chi connectivity index (χ0n) is 15.8. The molecule has 2 rings (SSSR count). The molecule has 0 aliphatic carbocycles. The van der Waals surface area contributed by atoms with Gasteiger partial charge in [0.05, 0.1) is 31.2 Å². The molecule has 0 radical (unpaired) electrons. The van der Waals surface area contributed by atoms with E-state index in [0.717, 1.165) is 5.56 Å². The largest absolute Gasteiger partial charge is 0.490 e. The van der Waals surface area contributed by atoms with Gasteiger partial charge in [0, 0.05) is 0 Å². The highest BCUT2D eigenvalue weighted by atomic mass is 16.5. The number of carbonyl (C=O) groups is 2. The maximum absolute atomic E-state index is 12.3. The van der Waals surface area contributed by atoms with Crippen LogP contribution < -0.4 is 14.8 Å².